The van der Waals surface area contributed by atoms with Crippen molar-refractivity contribution in [1.82, 2.24) is 5.32 Å². The smallest absolute Gasteiger partial charge is 0.224 e. The second-order valence-electron chi connectivity index (χ2n) is 7.95. The number of carboxylic acid groups (broad SMARTS) is 1. The Bertz CT molecular complexity index is 925. The summed E-state index contributed by atoms with van der Waals surface area (Å²) in [7, 11) is 0. The zero-order chi connectivity index (χ0) is 21.5. The van der Waals surface area contributed by atoms with E-state index >= 15 is 0 Å². The third-order valence-corrected chi connectivity index (χ3v) is 5.72. The van der Waals surface area contributed by atoms with Crippen LogP contribution < -0.4 is 15.2 Å². The second-order valence-corrected chi connectivity index (χ2v) is 7.95. The van der Waals surface area contributed by atoms with E-state index in [1.165, 1.54) is 18.9 Å². The van der Waals surface area contributed by atoms with Crippen LogP contribution in [0, 0.1) is 19.8 Å². The SMILES string of the molecule is Cc1cccc(Oc2ccc(/C=C(\NC(=O)CCC3CCCC3)C(=O)[O-])cc2)c1C. The number of amides is 1. The molecular weight excluding hydrogens is 378 g/mol. The zero-order valence-corrected chi connectivity index (χ0v) is 17.6. The van der Waals surface area contributed by atoms with Crippen molar-refractivity contribution < 1.29 is 19.4 Å². The van der Waals surface area contributed by atoms with Gasteiger partial charge in [0.2, 0.25) is 5.91 Å². The van der Waals surface area contributed by atoms with Crippen LogP contribution >= 0.6 is 0 Å². The molecule has 0 radical (unpaired) electrons. The van der Waals surface area contributed by atoms with Crippen molar-refractivity contribution in [2.24, 2.45) is 5.92 Å². The highest BCUT2D eigenvalue weighted by Crippen LogP contribution is 2.29. The number of hydrogen-bond donors (Lipinski definition) is 1. The number of aliphatic carboxylic acids is 1. The normalized spacial score (nSPS) is 14.5. The molecule has 0 spiro atoms. The Morgan fingerprint density at radius 1 is 1.10 bits per heavy atom. The van der Waals surface area contributed by atoms with Gasteiger partial charge in [0.05, 0.1) is 11.7 Å². The predicted molar refractivity (Wildman–Crippen MR) is 115 cm³/mol. The Labute approximate surface area is 177 Å². The number of carbonyl (C=O) groups excluding carboxylic acids is 2. The Balaban J connectivity index is 1.63. The fourth-order valence-corrected chi connectivity index (χ4v) is 3.75. The molecule has 1 amide bonds. The lowest BCUT2D eigenvalue weighted by atomic mass is 10.0. The summed E-state index contributed by atoms with van der Waals surface area (Å²) >= 11 is 0. The molecule has 158 valence electrons. The number of carbonyl (C=O) groups is 2. The largest absolute Gasteiger partial charge is 0.543 e. The Kier molecular flexibility index (Phi) is 7.28. The standard InChI is InChI=1S/C25H29NO4/c1-17-6-5-9-23(18(17)2)30-21-13-10-20(11-14-21)16-22(25(28)29)26-24(27)15-12-19-7-3-4-8-19/h5-6,9-11,13-14,16,19H,3-4,7-8,12,15H2,1-2H3,(H,26,27)(H,28,29)/p-1/b22-16-. The van der Waals surface area contributed by atoms with Crippen LogP contribution in [0.25, 0.3) is 6.08 Å². The van der Waals surface area contributed by atoms with Crippen LogP contribution in [0.3, 0.4) is 0 Å². The van der Waals surface area contributed by atoms with Crippen LogP contribution in [0.4, 0.5) is 0 Å². The molecule has 1 aliphatic rings. The molecule has 30 heavy (non-hydrogen) atoms. The average Bonchev–Trinajstić information content (AvgIpc) is 3.24. The van der Waals surface area contributed by atoms with Gasteiger partial charge < -0.3 is 20.0 Å². The molecule has 0 saturated heterocycles. The van der Waals surface area contributed by atoms with Crippen LogP contribution in [0.2, 0.25) is 0 Å². The molecule has 1 N–H and O–H groups in total. The van der Waals surface area contributed by atoms with Gasteiger partial charge >= 0.3 is 0 Å². The van der Waals surface area contributed by atoms with Crippen molar-refractivity contribution in [3.8, 4) is 11.5 Å². The van der Waals surface area contributed by atoms with Gasteiger partial charge in [-0.05, 0) is 67.2 Å². The molecule has 0 aromatic heterocycles. The van der Waals surface area contributed by atoms with Gasteiger partial charge in [0.25, 0.3) is 0 Å². The van der Waals surface area contributed by atoms with Gasteiger partial charge in [-0.15, -0.1) is 0 Å². The van der Waals surface area contributed by atoms with Gasteiger partial charge in [-0.1, -0.05) is 49.9 Å². The van der Waals surface area contributed by atoms with Crippen LogP contribution in [-0.4, -0.2) is 11.9 Å². The Morgan fingerprint density at radius 2 is 1.80 bits per heavy atom. The third-order valence-electron chi connectivity index (χ3n) is 5.72. The number of benzene rings is 2. The van der Waals surface area contributed by atoms with Gasteiger partial charge in [-0.3, -0.25) is 4.79 Å². The highest BCUT2D eigenvalue weighted by molar-refractivity contribution is 5.95. The van der Waals surface area contributed by atoms with E-state index in [-0.39, 0.29) is 11.6 Å². The first kappa shape index (κ1) is 21.6. The van der Waals surface area contributed by atoms with E-state index in [9.17, 15) is 14.7 Å². The summed E-state index contributed by atoms with van der Waals surface area (Å²) in [4.78, 5) is 23.6. The van der Waals surface area contributed by atoms with E-state index in [2.05, 4.69) is 5.32 Å². The van der Waals surface area contributed by atoms with Gasteiger partial charge in [0.1, 0.15) is 11.5 Å². The summed E-state index contributed by atoms with van der Waals surface area (Å²) < 4.78 is 5.92. The minimum Gasteiger partial charge on any atom is -0.543 e. The lowest BCUT2D eigenvalue weighted by Gasteiger charge is -2.13. The summed E-state index contributed by atoms with van der Waals surface area (Å²) in [6.07, 6.45) is 7.30. The Morgan fingerprint density at radius 3 is 2.47 bits per heavy atom. The summed E-state index contributed by atoms with van der Waals surface area (Å²) in [6, 6.07) is 12.9. The molecule has 1 saturated carbocycles. The molecular formula is C25H28NO4-. The number of carboxylic acids is 1. The molecule has 5 nitrogen and oxygen atoms in total. The highest BCUT2D eigenvalue weighted by Gasteiger charge is 2.16. The van der Waals surface area contributed by atoms with E-state index in [1.54, 1.807) is 24.3 Å². The van der Waals surface area contributed by atoms with Gasteiger partial charge in [0, 0.05) is 6.42 Å². The molecule has 1 aliphatic carbocycles. The van der Waals surface area contributed by atoms with Gasteiger partial charge in [0.15, 0.2) is 0 Å². The first-order valence-electron chi connectivity index (χ1n) is 10.5. The first-order chi connectivity index (χ1) is 14.4. The molecule has 0 bridgehead atoms. The zero-order valence-electron chi connectivity index (χ0n) is 17.6. The van der Waals surface area contributed by atoms with Crippen LogP contribution in [0.5, 0.6) is 11.5 Å². The summed E-state index contributed by atoms with van der Waals surface area (Å²) in [5, 5.41) is 13.9. The fraction of sp³-hybridized carbons (Fsp3) is 0.360. The van der Waals surface area contributed by atoms with Crippen molar-refractivity contribution in [2.75, 3.05) is 0 Å². The Hall–Kier alpha value is -3.08. The van der Waals surface area contributed by atoms with Crippen LogP contribution in [0.1, 0.15) is 55.2 Å². The van der Waals surface area contributed by atoms with E-state index < -0.39 is 5.97 Å². The minimum absolute atomic E-state index is 0.227. The van der Waals surface area contributed by atoms with E-state index in [0.717, 1.165) is 36.1 Å². The number of hydrogen-bond acceptors (Lipinski definition) is 4. The average molecular weight is 407 g/mol. The minimum atomic E-state index is -1.40. The summed E-state index contributed by atoms with van der Waals surface area (Å²) in [5.74, 6) is 0.322. The fourth-order valence-electron chi connectivity index (χ4n) is 3.75. The maximum absolute atomic E-state index is 12.2. The lowest BCUT2D eigenvalue weighted by Crippen LogP contribution is -2.35. The van der Waals surface area contributed by atoms with Crippen molar-refractivity contribution >= 4 is 18.0 Å². The topological polar surface area (TPSA) is 78.5 Å². The van der Waals surface area contributed by atoms with E-state index in [4.69, 9.17) is 4.74 Å². The molecule has 1 fully saturated rings. The first-order valence-corrected chi connectivity index (χ1v) is 10.5. The quantitative estimate of drug-likeness (QED) is 0.664. The molecule has 2 aromatic carbocycles. The monoisotopic (exact) mass is 406 g/mol. The van der Waals surface area contributed by atoms with Crippen LogP contribution in [-0.2, 0) is 9.59 Å². The predicted octanol–water partition coefficient (Wildman–Crippen LogP) is 4.27. The highest BCUT2D eigenvalue weighted by atomic mass is 16.5. The number of ether oxygens (including phenoxy) is 1. The second kappa shape index (κ2) is 10.1. The van der Waals surface area contributed by atoms with E-state index in [0.29, 0.717) is 23.7 Å². The number of rotatable bonds is 8. The molecule has 3 rings (SSSR count). The summed E-state index contributed by atoms with van der Waals surface area (Å²) in [5.41, 5.74) is 2.63. The van der Waals surface area contributed by atoms with E-state index in [1.807, 2.05) is 32.0 Å². The van der Waals surface area contributed by atoms with Gasteiger partial charge in [-0.25, -0.2) is 0 Å². The molecule has 5 heteroatoms. The molecule has 0 heterocycles. The van der Waals surface area contributed by atoms with Crippen molar-refractivity contribution in [2.45, 2.75) is 52.4 Å². The van der Waals surface area contributed by atoms with Crippen molar-refractivity contribution in [1.29, 1.82) is 0 Å². The van der Waals surface area contributed by atoms with Gasteiger partial charge in [-0.2, -0.15) is 0 Å². The molecule has 2 aromatic rings. The lowest BCUT2D eigenvalue weighted by molar-refractivity contribution is -0.299. The third kappa shape index (κ3) is 5.96. The van der Waals surface area contributed by atoms with Crippen molar-refractivity contribution in [3.63, 3.8) is 0 Å². The summed E-state index contributed by atoms with van der Waals surface area (Å²) in [6.45, 7) is 4.03. The molecule has 0 aliphatic heterocycles. The van der Waals surface area contributed by atoms with Crippen LogP contribution in [0.15, 0.2) is 48.2 Å². The number of nitrogens with one attached hydrogen (secondary N) is 1. The maximum Gasteiger partial charge on any atom is 0.224 e. The van der Waals surface area contributed by atoms with Crippen molar-refractivity contribution in [3.05, 3.63) is 64.9 Å². The molecule has 0 unspecified atom stereocenters. The number of aryl methyl sites for hydroxylation is 1. The maximum atomic E-state index is 12.2. The molecule has 0 atom stereocenters.